The van der Waals surface area contributed by atoms with Crippen molar-refractivity contribution in [2.24, 2.45) is 18.1 Å². The Morgan fingerprint density at radius 1 is 0.552 bits per heavy atom. The second kappa shape index (κ2) is 52.7. The number of fused-ring (bicyclic) bond motifs is 1. The van der Waals surface area contributed by atoms with Crippen molar-refractivity contribution in [2.45, 2.75) is 321 Å². The Morgan fingerprint density at radius 2 is 1.03 bits per heavy atom. The fraction of sp³-hybridized carbons (Fsp3) is 0.600. The number of alkyl carbamates (subject to hydrolysis) is 5. The van der Waals surface area contributed by atoms with Crippen LogP contribution in [0.1, 0.15) is 206 Å². The molecule has 1 fully saturated rings. The van der Waals surface area contributed by atoms with Crippen molar-refractivity contribution in [3.8, 4) is 0 Å². The van der Waals surface area contributed by atoms with Crippen LogP contribution in [0.3, 0.4) is 0 Å². The minimum atomic E-state index is -4.48. The number of nitrogens with two attached hydrogens (primary N) is 1. The number of aromatic nitrogens is 4. The van der Waals surface area contributed by atoms with E-state index in [1.165, 1.54) is 52.1 Å². The SMILES string of the molecule is Cc1ccc(N(C(=O)CC[C@H](NC(=O)OC(C)(C)C)C(=O)N[C@H](C(=O)N[C@@H](CCNC(=O)OC(C)(C)C)C(=O)N[C@H]2CCNC(=O)[C@H]([C@@H](C)O)NC(=O)[C@H](CCNC(=O)OC(C)(C)C)NC(=O)[C@H](CCNC(=O)OC(C)(C)C)NC(=O)[C@H](CC(C)C)NC(=O)[C@@H](CCc3ccccc3)NC(=O)[C@H](CCNC(=O)OC(C)(C)C)NC2O)[C@@H](C)O)c2nccc(N(C)c3ccc4c(C)n(C)nc4c3)n2)cc1S(N)(=O)=O. The van der Waals surface area contributed by atoms with E-state index in [4.69, 9.17) is 33.8 Å². The lowest BCUT2D eigenvalue weighted by Gasteiger charge is -2.32. The van der Waals surface area contributed by atoms with Crippen LogP contribution < -0.4 is 94.7 Å². The summed E-state index contributed by atoms with van der Waals surface area (Å²) in [6, 6.07) is 1.47. The number of nitrogens with one attached hydrogen (secondary N) is 15. The molecule has 20 N–H and O–H groups in total. The first-order valence-electron chi connectivity index (χ1n) is 47.2. The van der Waals surface area contributed by atoms with E-state index in [0.717, 1.165) is 35.9 Å². The van der Waals surface area contributed by atoms with Crippen LogP contribution in [0.25, 0.3) is 10.9 Å². The van der Waals surface area contributed by atoms with Crippen LogP contribution in [0.15, 0.2) is 83.9 Å². The van der Waals surface area contributed by atoms with Gasteiger partial charge in [0.1, 0.15) is 88.4 Å². The predicted molar refractivity (Wildman–Crippen MR) is 527 cm³/mol. The maximum absolute atomic E-state index is 15.6. The number of anilines is 4. The summed E-state index contributed by atoms with van der Waals surface area (Å²) in [4.78, 5) is 230. The third-order valence-electron chi connectivity index (χ3n) is 21.4. The Balaban J connectivity index is 1.48. The molecule has 15 amide bonds. The fourth-order valence-corrected chi connectivity index (χ4v) is 15.2. The van der Waals surface area contributed by atoms with E-state index in [1.807, 2.05) is 25.1 Å². The smallest absolute Gasteiger partial charge is 0.408 e. The molecule has 6 rings (SSSR count). The lowest BCUT2D eigenvalue weighted by atomic mass is 10.00. The summed E-state index contributed by atoms with van der Waals surface area (Å²) in [5.41, 5.74) is -2.50. The number of rotatable bonds is 34. The number of benzene rings is 3. The van der Waals surface area contributed by atoms with Gasteiger partial charge in [0.25, 0.3) is 0 Å². The highest BCUT2D eigenvalue weighted by atomic mass is 32.2. The summed E-state index contributed by atoms with van der Waals surface area (Å²) >= 11 is 0. The van der Waals surface area contributed by atoms with E-state index in [-0.39, 0.29) is 48.8 Å². The van der Waals surface area contributed by atoms with E-state index in [9.17, 15) is 62.1 Å². The zero-order chi connectivity index (χ0) is 107. The first-order valence-corrected chi connectivity index (χ1v) is 48.8. The van der Waals surface area contributed by atoms with Crippen LogP contribution >= 0.6 is 0 Å². The van der Waals surface area contributed by atoms with E-state index in [1.54, 1.807) is 151 Å². The molecule has 792 valence electrons. The highest BCUT2D eigenvalue weighted by Gasteiger charge is 2.41. The zero-order valence-corrected chi connectivity index (χ0v) is 86.5. The van der Waals surface area contributed by atoms with Crippen LogP contribution in [0.2, 0.25) is 0 Å². The van der Waals surface area contributed by atoms with Gasteiger partial charge in [-0.1, -0.05) is 50.2 Å². The fourth-order valence-electron chi connectivity index (χ4n) is 14.4. The Labute approximate surface area is 833 Å². The molecule has 0 radical (unpaired) electrons. The normalized spacial score (nSPS) is 19.1. The molecule has 47 nitrogen and oxygen atoms in total. The number of amides is 15. The lowest BCUT2D eigenvalue weighted by Crippen LogP contribution is -2.63. The number of ether oxygens (including phenoxy) is 5. The van der Waals surface area contributed by atoms with Gasteiger partial charge in [-0.25, -0.2) is 47.4 Å². The molecule has 0 saturated carbocycles. The standard InChI is InChI=1S/C95H146N22O25S/c1-52(2)49-69-82(128)107-65(39-45-100-87(132)139-92(10,11)12)78(124)106-67(41-47-102-89(134)141-94(16,17)18)81(127)112-73(55(5)118)83(129)97-43-37-63(77(123)105-64(38-44-99-86(131)138-91(7,8)9)76(122)103-61(75(121)109-69)34-30-57-27-25-24-26-28-57)104-79(125)66(40-46-101-88(133)140-93(13,14)15)108-84(130)74(56(6)119)113-80(126)62(110-90(135)142-95(19,20)21)35-36-72(120)117(59-31-29-53(3)70(51-59)143(96,136)137)85-98-48-42-71(111-85)115(22)58-32-33-60-54(4)116(23)114-68(60)50-58/h24-29,31-33,42,48,50-52,55-56,61-67,69,73-74,77,105,118-119,123H,30,34-41,43-47,49H2,1-23H3,(H,97,129)(H,99,131)(H,100,132)(H,101,133)(H,102,134)(H,103,122)(H,104,125)(H,106,124)(H,107,128)(H,108,130)(H,109,121)(H,110,135)(H,112,127)(H,113,126)(H2,96,136,137)/t55-,56-,61-,62+,63+,64+,65+,66+,67+,69+,73+,74+,77?/m1/s1. The molecule has 1 aliphatic heterocycles. The van der Waals surface area contributed by atoms with Gasteiger partial charge in [0.05, 0.1) is 40.4 Å². The predicted octanol–water partition coefficient (Wildman–Crippen LogP) is 3.51. The van der Waals surface area contributed by atoms with Crippen LogP contribution in [-0.2, 0) is 95.1 Å². The van der Waals surface area contributed by atoms with Gasteiger partial charge in [-0.3, -0.25) is 57.9 Å². The molecule has 3 aromatic carbocycles. The third kappa shape index (κ3) is 40.6. The van der Waals surface area contributed by atoms with Crippen molar-refractivity contribution in [1.82, 2.24) is 99.5 Å². The topological polar surface area (TPSA) is 654 Å². The van der Waals surface area contributed by atoms with Crippen LogP contribution in [0.5, 0.6) is 0 Å². The Bertz CT molecular complexity index is 5380. The van der Waals surface area contributed by atoms with E-state index in [2.05, 4.69) is 89.8 Å². The summed E-state index contributed by atoms with van der Waals surface area (Å²) in [5, 5.41) is 85.5. The number of primary sulfonamides is 1. The minimum Gasteiger partial charge on any atom is -0.444 e. The Morgan fingerprint density at radius 3 is 1.54 bits per heavy atom. The number of carbonyl (C=O) groups excluding carboxylic acids is 15. The monoisotopic (exact) mass is 2030 g/mol. The molecule has 1 aliphatic rings. The van der Waals surface area contributed by atoms with Gasteiger partial charge < -0.3 is 118 Å². The lowest BCUT2D eigenvalue weighted by molar-refractivity contribution is -0.136. The molecule has 0 spiro atoms. The molecular formula is C95H146N22O25S. The van der Waals surface area contributed by atoms with Gasteiger partial charge in [-0.05, 0) is 243 Å². The summed E-state index contributed by atoms with van der Waals surface area (Å²) in [7, 11) is -0.996. The molecule has 48 heteroatoms. The molecule has 3 heterocycles. The molecule has 1 unspecified atom stereocenters. The molecule has 5 aromatic rings. The van der Waals surface area contributed by atoms with Crippen molar-refractivity contribution in [3.05, 3.63) is 95.8 Å². The highest BCUT2D eigenvalue weighted by Crippen LogP contribution is 2.33. The Hall–Kier alpha value is -13.2. The maximum atomic E-state index is 15.6. The van der Waals surface area contributed by atoms with E-state index < -0.39 is 288 Å². The average Bonchev–Trinajstić information content (AvgIpc) is 1.18. The van der Waals surface area contributed by atoms with E-state index in [0.29, 0.717) is 16.8 Å². The summed E-state index contributed by atoms with van der Waals surface area (Å²) < 4.78 is 55.3. The number of aliphatic hydroxyl groups excluding tert-OH is 3. The second-order valence-electron chi connectivity index (χ2n) is 40.3. The summed E-state index contributed by atoms with van der Waals surface area (Å²) in [6.45, 7) is 30.1. The number of hydrogen-bond donors (Lipinski definition) is 19. The number of aliphatic hydroxyl groups is 3. The molecule has 13 atom stereocenters. The molecule has 143 heavy (non-hydrogen) atoms. The maximum Gasteiger partial charge on any atom is 0.408 e. The number of sulfonamides is 1. The van der Waals surface area contributed by atoms with Gasteiger partial charge in [-0.15, -0.1) is 0 Å². The van der Waals surface area contributed by atoms with Crippen LogP contribution in [0.4, 0.5) is 47.1 Å². The summed E-state index contributed by atoms with van der Waals surface area (Å²) in [6.07, 6.45) is -14.1. The first kappa shape index (κ1) is 119. The molecule has 0 bridgehead atoms. The zero-order valence-electron chi connectivity index (χ0n) is 85.7. The van der Waals surface area contributed by atoms with Gasteiger partial charge in [0.15, 0.2) is 0 Å². The molecule has 1 saturated heterocycles. The third-order valence-corrected chi connectivity index (χ3v) is 22.5. The highest BCUT2D eigenvalue weighted by molar-refractivity contribution is 7.89. The average molecular weight is 2030 g/mol. The number of aryl methyl sites for hydroxylation is 4. The largest absolute Gasteiger partial charge is 0.444 e. The van der Waals surface area contributed by atoms with Crippen molar-refractivity contribution in [2.75, 3.05) is 49.6 Å². The number of hydrogen-bond acceptors (Lipinski definition) is 30. The van der Waals surface area contributed by atoms with Gasteiger partial charge in [0.2, 0.25) is 75.0 Å². The molecule has 2 aromatic heterocycles. The van der Waals surface area contributed by atoms with Gasteiger partial charge >= 0.3 is 30.5 Å². The molecular weight excluding hydrogens is 1880 g/mol. The first-order chi connectivity index (χ1) is 66.3. The number of carbonyl (C=O) groups is 15. The van der Waals surface area contributed by atoms with Crippen molar-refractivity contribution < 1.29 is 119 Å². The minimum absolute atomic E-state index is 0.0829. The Kier molecular flexibility index (Phi) is 43.7. The van der Waals surface area contributed by atoms with E-state index >= 15 is 33.6 Å². The van der Waals surface area contributed by atoms with Crippen LogP contribution in [0, 0.1) is 19.8 Å². The number of nitrogens with zero attached hydrogens (tertiary/aromatic N) is 6. The van der Waals surface area contributed by atoms with Crippen molar-refractivity contribution in [3.63, 3.8) is 0 Å². The van der Waals surface area contributed by atoms with Gasteiger partial charge in [0, 0.05) is 76.2 Å². The van der Waals surface area contributed by atoms with Crippen molar-refractivity contribution >= 4 is 134 Å². The second-order valence-corrected chi connectivity index (χ2v) is 41.8. The quantitative estimate of drug-likeness (QED) is 0.0262. The van der Waals surface area contributed by atoms with Crippen molar-refractivity contribution in [1.29, 1.82) is 0 Å². The summed E-state index contributed by atoms with van der Waals surface area (Å²) in [5.74, 6) is -11.8. The molecule has 0 aliphatic carbocycles. The van der Waals surface area contributed by atoms with Gasteiger partial charge in [-0.2, -0.15) is 10.1 Å². The van der Waals surface area contributed by atoms with Crippen LogP contribution in [-0.4, -0.2) is 280 Å².